The van der Waals surface area contributed by atoms with E-state index in [0.29, 0.717) is 13.1 Å². The van der Waals surface area contributed by atoms with E-state index in [1.54, 1.807) is 0 Å². The second kappa shape index (κ2) is 5.94. The van der Waals surface area contributed by atoms with E-state index in [4.69, 9.17) is 0 Å². The van der Waals surface area contributed by atoms with Crippen LogP contribution >= 0.6 is 0 Å². The summed E-state index contributed by atoms with van der Waals surface area (Å²) in [6, 6.07) is 4.08. The summed E-state index contributed by atoms with van der Waals surface area (Å²) in [7, 11) is 0. The Morgan fingerprint density at radius 3 is 2.90 bits per heavy atom. The largest absolute Gasteiger partial charge is 0.389 e. The normalized spacial score (nSPS) is 16.2. The van der Waals surface area contributed by atoms with Gasteiger partial charge < -0.3 is 14.8 Å². The molecule has 2 atom stereocenters. The van der Waals surface area contributed by atoms with Crippen LogP contribution in [-0.2, 0) is 6.54 Å². The van der Waals surface area contributed by atoms with E-state index < -0.39 is 5.60 Å². The SMILES string of the molecule is CCC(C)C(C)(O)CNCc1cnc2ccc(C)cn12. The molecule has 2 N–H and O–H groups in total. The molecule has 4 heteroatoms. The van der Waals surface area contributed by atoms with Crippen LogP contribution in [0.2, 0.25) is 0 Å². The fraction of sp³-hybridized carbons (Fsp3) is 0.562. The van der Waals surface area contributed by atoms with Crippen LogP contribution in [0.4, 0.5) is 0 Å². The van der Waals surface area contributed by atoms with Crippen LogP contribution in [-0.4, -0.2) is 26.6 Å². The van der Waals surface area contributed by atoms with E-state index >= 15 is 0 Å². The number of aryl methyl sites for hydroxylation is 1. The molecule has 0 aliphatic carbocycles. The van der Waals surface area contributed by atoms with Crippen LogP contribution in [0.5, 0.6) is 0 Å². The van der Waals surface area contributed by atoms with Crippen molar-refractivity contribution in [2.24, 2.45) is 5.92 Å². The summed E-state index contributed by atoms with van der Waals surface area (Å²) in [5, 5.41) is 13.7. The number of hydrogen-bond donors (Lipinski definition) is 2. The number of pyridine rings is 1. The molecule has 0 radical (unpaired) electrons. The smallest absolute Gasteiger partial charge is 0.136 e. The van der Waals surface area contributed by atoms with Gasteiger partial charge in [-0.15, -0.1) is 0 Å². The van der Waals surface area contributed by atoms with Gasteiger partial charge in [0.1, 0.15) is 5.65 Å². The average molecular weight is 275 g/mol. The summed E-state index contributed by atoms with van der Waals surface area (Å²) in [6.07, 6.45) is 4.95. The average Bonchev–Trinajstić information content (AvgIpc) is 2.80. The van der Waals surface area contributed by atoms with Gasteiger partial charge in [-0.25, -0.2) is 4.98 Å². The van der Waals surface area contributed by atoms with E-state index in [9.17, 15) is 5.11 Å². The van der Waals surface area contributed by atoms with Gasteiger partial charge in [0.25, 0.3) is 0 Å². The third kappa shape index (κ3) is 3.19. The van der Waals surface area contributed by atoms with Crippen molar-refractivity contribution in [3.05, 3.63) is 35.8 Å². The molecule has 0 bridgehead atoms. The summed E-state index contributed by atoms with van der Waals surface area (Å²) in [5.74, 6) is 0.277. The first-order chi connectivity index (χ1) is 9.44. The van der Waals surface area contributed by atoms with Crippen LogP contribution in [0.1, 0.15) is 38.4 Å². The molecule has 110 valence electrons. The maximum atomic E-state index is 10.4. The lowest BCUT2D eigenvalue weighted by molar-refractivity contribution is 0.00528. The zero-order valence-corrected chi connectivity index (χ0v) is 12.8. The van der Waals surface area contributed by atoms with Gasteiger partial charge in [0, 0.05) is 19.3 Å². The number of fused-ring (bicyclic) bond motifs is 1. The van der Waals surface area contributed by atoms with Gasteiger partial charge in [-0.1, -0.05) is 26.3 Å². The summed E-state index contributed by atoms with van der Waals surface area (Å²) in [6.45, 7) is 9.45. The van der Waals surface area contributed by atoms with Crippen molar-refractivity contribution in [2.45, 2.75) is 46.3 Å². The van der Waals surface area contributed by atoms with Crippen molar-refractivity contribution in [3.8, 4) is 0 Å². The minimum atomic E-state index is -0.675. The molecule has 2 aromatic rings. The molecule has 0 saturated carbocycles. The minimum absolute atomic E-state index is 0.277. The molecule has 2 rings (SSSR count). The Morgan fingerprint density at radius 2 is 2.20 bits per heavy atom. The molecule has 0 aromatic carbocycles. The van der Waals surface area contributed by atoms with Gasteiger partial charge in [-0.3, -0.25) is 0 Å². The molecule has 0 saturated heterocycles. The lowest BCUT2D eigenvalue weighted by Crippen LogP contribution is -2.42. The first-order valence-electron chi connectivity index (χ1n) is 7.29. The second-order valence-electron chi connectivity index (χ2n) is 5.95. The van der Waals surface area contributed by atoms with Gasteiger partial charge in [-0.2, -0.15) is 0 Å². The van der Waals surface area contributed by atoms with E-state index in [-0.39, 0.29) is 5.92 Å². The van der Waals surface area contributed by atoms with Gasteiger partial charge in [0.2, 0.25) is 0 Å². The van der Waals surface area contributed by atoms with E-state index in [1.807, 2.05) is 19.2 Å². The van der Waals surface area contributed by atoms with Crippen molar-refractivity contribution in [2.75, 3.05) is 6.54 Å². The number of nitrogens with one attached hydrogen (secondary N) is 1. The predicted octanol–water partition coefficient (Wildman–Crippen LogP) is 2.53. The zero-order valence-electron chi connectivity index (χ0n) is 12.8. The predicted molar refractivity (Wildman–Crippen MR) is 81.7 cm³/mol. The number of nitrogens with zero attached hydrogens (tertiary/aromatic N) is 2. The van der Waals surface area contributed by atoms with Gasteiger partial charge >= 0.3 is 0 Å². The molecule has 0 aliphatic rings. The molecular formula is C16H25N3O. The molecule has 2 heterocycles. The summed E-state index contributed by atoms with van der Waals surface area (Å²) in [5.41, 5.74) is 2.61. The molecule has 0 fully saturated rings. The third-order valence-corrected chi connectivity index (χ3v) is 4.19. The van der Waals surface area contributed by atoms with Crippen LogP contribution < -0.4 is 5.32 Å². The van der Waals surface area contributed by atoms with Gasteiger partial charge in [0.15, 0.2) is 0 Å². The fourth-order valence-corrected chi connectivity index (χ4v) is 2.33. The Hall–Kier alpha value is -1.39. The van der Waals surface area contributed by atoms with Crippen LogP contribution in [0.15, 0.2) is 24.5 Å². The topological polar surface area (TPSA) is 49.6 Å². The monoisotopic (exact) mass is 275 g/mol. The maximum Gasteiger partial charge on any atom is 0.136 e. The fourth-order valence-electron chi connectivity index (χ4n) is 2.33. The first-order valence-corrected chi connectivity index (χ1v) is 7.29. The number of aliphatic hydroxyl groups is 1. The summed E-state index contributed by atoms with van der Waals surface area (Å²) >= 11 is 0. The second-order valence-corrected chi connectivity index (χ2v) is 5.95. The van der Waals surface area contributed by atoms with Crippen LogP contribution in [0.3, 0.4) is 0 Å². The number of hydrogen-bond acceptors (Lipinski definition) is 3. The summed E-state index contributed by atoms with van der Waals surface area (Å²) in [4.78, 5) is 4.39. The molecule has 20 heavy (non-hydrogen) atoms. The molecule has 2 unspecified atom stereocenters. The van der Waals surface area contributed by atoms with Gasteiger partial charge in [0.05, 0.1) is 17.5 Å². The number of imidazole rings is 1. The first kappa shape index (κ1) is 15.0. The quantitative estimate of drug-likeness (QED) is 0.851. The summed E-state index contributed by atoms with van der Waals surface area (Å²) < 4.78 is 2.10. The van der Waals surface area contributed by atoms with E-state index in [1.165, 1.54) is 5.56 Å². The maximum absolute atomic E-state index is 10.4. The Morgan fingerprint density at radius 1 is 1.45 bits per heavy atom. The molecule has 0 amide bonds. The van der Waals surface area contributed by atoms with Gasteiger partial charge in [-0.05, 0) is 31.4 Å². The third-order valence-electron chi connectivity index (χ3n) is 4.19. The molecule has 2 aromatic heterocycles. The molecular weight excluding hydrogens is 250 g/mol. The van der Waals surface area contributed by atoms with Crippen LogP contribution in [0, 0.1) is 12.8 Å². The highest BCUT2D eigenvalue weighted by molar-refractivity contribution is 5.41. The number of aromatic nitrogens is 2. The minimum Gasteiger partial charge on any atom is -0.389 e. The Balaban J connectivity index is 2.01. The Bertz CT molecular complexity index is 574. The molecule has 0 aliphatic heterocycles. The highest BCUT2D eigenvalue weighted by atomic mass is 16.3. The van der Waals surface area contributed by atoms with Crippen molar-refractivity contribution >= 4 is 5.65 Å². The lowest BCUT2D eigenvalue weighted by atomic mass is 9.89. The van der Waals surface area contributed by atoms with Crippen molar-refractivity contribution in [1.82, 2.24) is 14.7 Å². The van der Waals surface area contributed by atoms with E-state index in [2.05, 4.69) is 47.7 Å². The van der Waals surface area contributed by atoms with Crippen molar-refractivity contribution in [1.29, 1.82) is 0 Å². The Labute approximate surface area is 120 Å². The van der Waals surface area contributed by atoms with Crippen molar-refractivity contribution in [3.63, 3.8) is 0 Å². The highest BCUT2D eigenvalue weighted by Gasteiger charge is 2.26. The highest BCUT2D eigenvalue weighted by Crippen LogP contribution is 2.19. The van der Waals surface area contributed by atoms with E-state index in [0.717, 1.165) is 17.8 Å². The Kier molecular flexibility index (Phi) is 4.45. The zero-order chi connectivity index (χ0) is 14.8. The molecule has 0 spiro atoms. The van der Waals surface area contributed by atoms with Crippen LogP contribution in [0.25, 0.3) is 5.65 Å². The molecule has 4 nitrogen and oxygen atoms in total. The lowest BCUT2D eigenvalue weighted by Gasteiger charge is -2.29. The number of rotatable bonds is 6. The van der Waals surface area contributed by atoms with Crippen molar-refractivity contribution < 1.29 is 5.11 Å². The standard InChI is InChI=1S/C16H25N3O/c1-5-13(3)16(4,20)11-17-8-14-9-18-15-7-6-12(2)10-19(14)15/h6-7,9-10,13,17,20H,5,8,11H2,1-4H3.